The number of hydrogen-bond donors (Lipinski definition) is 3. The van der Waals surface area contributed by atoms with Crippen molar-refractivity contribution in [2.45, 2.75) is 12.0 Å². The normalized spacial score (nSPS) is 24.6. The summed E-state index contributed by atoms with van der Waals surface area (Å²) >= 11 is 5.68. The largest absolute Gasteiger partial charge is 0.386 e. The predicted molar refractivity (Wildman–Crippen MR) is 58.5 cm³/mol. The van der Waals surface area contributed by atoms with Crippen LogP contribution in [0.5, 0.6) is 0 Å². The summed E-state index contributed by atoms with van der Waals surface area (Å²) in [5.74, 6) is -0.285. The number of aromatic amines is 1. The molecule has 1 aliphatic rings. The van der Waals surface area contributed by atoms with E-state index in [0.29, 0.717) is 23.7 Å². The van der Waals surface area contributed by atoms with Crippen molar-refractivity contribution in [2.24, 2.45) is 0 Å². The molecule has 88 valence electrons. The van der Waals surface area contributed by atoms with Crippen LogP contribution in [-0.4, -0.2) is 41.4 Å². The van der Waals surface area contributed by atoms with Crippen LogP contribution in [0.4, 0.5) is 0 Å². The summed E-state index contributed by atoms with van der Waals surface area (Å²) in [6, 6.07) is 1.53. The summed E-state index contributed by atoms with van der Waals surface area (Å²) in [5.41, 5.74) is -0.556. The first-order valence-corrected chi connectivity index (χ1v) is 5.39. The summed E-state index contributed by atoms with van der Waals surface area (Å²) in [7, 11) is 0. The van der Waals surface area contributed by atoms with E-state index in [-0.39, 0.29) is 19.1 Å². The number of halogens is 1. The van der Waals surface area contributed by atoms with Crippen molar-refractivity contribution in [3.63, 3.8) is 0 Å². The molecule has 0 aromatic carbocycles. The Morgan fingerprint density at radius 1 is 1.75 bits per heavy atom. The van der Waals surface area contributed by atoms with Crippen LogP contribution in [0.2, 0.25) is 5.02 Å². The average molecular weight is 245 g/mol. The van der Waals surface area contributed by atoms with Gasteiger partial charge in [0.05, 0.1) is 11.6 Å². The van der Waals surface area contributed by atoms with Crippen molar-refractivity contribution in [1.29, 1.82) is 0 Å². The number of aliphatic hydroxyl groups is 1. The molecule has 1 aromatic heterocycles. The third-order valence-corrected chi connectivity index (χ3v) is 2.77. The number of hydrogen-bond acceptors (Lipinski definition) is 3. The molecule has 1 fully saturated rings. The molecular weight excluding hydrogens is 232 g/mol. The maximum absolute atomic E-state index is 11.6. The van der Waals surface area contributed by atoms with E-state index in [1.807, 2.05) is 0 Å². The minimum absolute atomic E-state index is 0.183. The maximum atomic E-state index is 11.6. The lowest BCUT2D eigenvalue weighted by Crippen LogP contribution is -2.43. The van der Waals surface area contributed by atoms with Gasteiger partial charge in [-0.2, -0.15) is 0 Å². The zero-order chi connectivity index (χ0) is 11.6. The summed E-state index contributed by atoms with van der Waals surface area (Å²) in [5, 5.41) is 13.0. The summed E-state index contributed by atoms with van der Waals surface area (Å²) in [6.07, 6.45) is 2.07. The Kier molecular flexibility index (Phi) is 3.18. The second-order valence-corrected chi connectivity index (χ2v) is 4.38. The predicted octanol–water partition coefficient (Wildman–Crippen LogP) is 0.549. The number of rotatable bonds is 3. The second-order valence-electron chi connectivity index (χ2n) is 3.94. The van der Waals surface area contributed by atoms with Crippen LogP contribution in [-0.2, 0) is 4.74 Å². The molecule has 0 saturated carbocycles. The molecule has 3 N–H and O–H groups in total. The molecule has 0 radical (unpaired) electrons. The molecule has 1 atom stereocenters. The number of H-pyrrole nitrogens is 1. The van der Waals surface area contributed by atoms with Gasteiger partial charge in [0, 0.05) is 25.8 Å². The average Bonchev–Trinajstić information content (AvgIpc) is 2.85. The van der Waals surface area contributed by atoms with Gasteiger partial charge in [0.25, 0.3) is 5.91 Å². The highest BCUT2D eigenvalue weighted by Gasteiger charge is 2.32. The Balaban J connectivity index is 1.88. The fourth-order valence-electron chi connectivity index (χ4n) is 1.57. The number of carbonyl (C=O) groups is 1. The molecule has 1 amide bonds. The minimum atomic E-state index is -0.938. The quantitative estimate of drug-likeness (QED) is 0.727. The molecule has 16 heavy (non-hydrogen) atoms. The van der Waals surface area contributed by atoms with Crippen molar-refractivity contribution in [1.82, 2.24) is 10.3 Å². The molecule has 0 aliphatic carbocycles. The summed E-state index contributed by atoms with van der Waals surface area (Å²) < 4.78 is 5.07. The van der Waals surface area contributed by atoms with Crippen molar-refractivity contribution in [3.05, 3.63) is 23.0 Å². The highest BCUT2D eigenvalue weighted by Crippen LogP contribution is 2.17. The van der Waals surface area contributed by atoms with Gasteiger partial charge in [-0.15, -0.1) is 0 Å². The van der Waals surface area contributed by atoms with Crippen LogP contribution < -0.4 is 5.32 Å². The molecule has 0 spiro atoms. The van der Waals surface area contributed by atoms with Gasteiger partial charge in [0.2, 0.25) is 0 Å². The Morgan fingerprint density at radius 2 is 2.56 bits per heavy atom. The van der Waals surface area contributed by atoms with E-state index in [0.717, 1.165) is 0 Å². The monoisotopic (exact) mass is 244 g/mol. The van der Waals surface area contributed by atoms with E-state index in [2.05, 4.69) is 10.3 Å². The number of aromatic nitrogens is 1. The third kappa shape index (κ3) is 2.55. The van der Waals surface area contributed by atoms with Crippen LogP contribution in [0, 0.1) is 0 Å². The van der Waals surface area contributed by atoms with Crippen molar-refractivity contribution in [2.75, 3.05) is 19.8 Å². The summed E-state index contributed by atoms with van der Waals surface area (Å²) in [6.45, 7) is 0.974. The Hall–Kier alpha value is -1.04. The van der Waals surface area contributed by atoms with Gasteiger partial charge in [-0.05, 0) is 6.07 Å². The maximum Gasteiger partial charge on any atom is 0.267 e. The standard InChI is InChI=1S/C10H13ClN2O3/c11-7-3-8(12-4-7)9(14)13-5-10(15)1-2-16-6-10/h3-4,12,15H,1-2,5-6H2,(H,13,14). The first kappa shape index (κ1) is 11.4. The summed E-state index contributed by atoms with van der Waals surface area (Å²) in [4.78, 5) is 14.3. The highest BCUT2D eigenvalue weighted by atomic mass is 35.5. The van der Waals surface area contributed by atoms with E-state index < -0.39 is 5.60 Å². The van der Waals surface area contributed by atoms with Crippen LogP contribution in [0.15, 0.2) is 12.3 Å². The molecule has 1 aliphatic heterocycles. The van der Waals surface area contributed by atoms with E-state index in [9.17, 15) is 9.90 Å². The molecule has 1 unspecified atom stereocenters. The third-order valence-electron chi connectivity index (χ3n) is 2.55. The zero-order valence-electron chi connectivity index (χ0n) is 8.62. The van der Waals surface area contributed by atoms with Gasteiger partial charge >= 0.3 is 0 Å². The van der Waals surface area contributed by atoms with E-state index >= 15 is 0 Å². The fraction of sp³-hybridized carbons (Fsp3) is 0.500. The molecule has 1 saturated heterocycles. The van der Waals surface area contributed by atoms with Crippen LogP contribution in [0.1, 0.15) is 16.9 Å². The van der Waals surface area contributed by atoms with Gasteiger partial charge in [-0.3, -0.25) is 4.79 Å². The topological polar surface area (TPSA) is 74.3 Å². The number of nitrogens with one attached hydrogen (secondary N) is 2. The van der Waals surface area contributed by atoms with Gasteiger partial charge < -0.3 is 20.1 Å². The molecule has 1 aromatic rings. The number of ether oxygens (including phenoxy) is 1. The SMILES string of the molecule is O=C(NCC1(O)CCOC1)c1cc(Cl)c[nH]1. The second kappa shape index (κ2) is 4.45. The lowest BCUT2D eigenvalue weighted by molar-refractivity contribution is 0.0264. The number of amides is 1. The van der Waals surface area contributed by atoms with Crippen LogP contribution in [0.25, 0.3) is 0 Å². The first-order chi connectivity index (χ1) is 7.59. The smallest absolute Gasteiger partial charge is 0.267 e. The van der Waals surface area contributed by atoms with E-state index in [4.69, 9.17) is 16.3 Å². The lowest BCUT2D eigenvalue weighted by Gasteiger charge is -2.20. The van der Waals surface area contributed by atoms with E-state index in [1.54, 1.807) is 0 Å². The molecule has 0 bridgehead atoms. The molecule has 5 nitrogen and oxygen atoms in total. The van der Waals surface area contributed by atoms with Crippen LogP contribution in [0.3, 0.4) is 0 Å². The van der Waals surface area contributed by atoms with Gasteiger partial charge in [0.1, 0.15) is 11.3 Å². The Labute approximate surface area is 97.7 Å². The number of carbonyl (C=O) groups excluding carboxylic acids is 1. The van der Waals surface area contributed by atoms with Crippen molar-refractivity contribution >= 4 is 17.5 Å². The van der Waals surface area contributed by atoms with Gasteiger partial charge in [-0.25, -0.2) is 0 Å². The van der Waals surface area contributed by atoms with E-state index in [1.165, 1.54) is 12.3 Å². The minimum Gasteiger partial charge on any atom is -0.386 e. The highest BCUT2D eigenvalue weighted by molar-refractivity contribution is 6.30. The van der Waals surface area contributed by atoms with Gasteiger partial charge in [-0.1, -0.05) is 11.6 Å². The molecule has 2 rings (SSSR count). The van der Waals surface area contributed by atoms with Crippen molar-refractivity contribution in [3.8, 4) is 0 Å². The molecule has 2 heterocycles. The lowest BCUT2D eigenvalue weighted by atomic mass is 10.0. The Bertz CT molecular complexity index is 385. The van der Waals surface area contributed by atoms with Crippen LogP contribution >= 0.6 is 11.6 Å². The Morgan fingerprint density at radius 3 is 3.12 bits per heavy atom. The zero-order valence-corrected chi connectivity index (χ0v) is 9.38. The van der Waals surface area contributed by atoms with Crippen molar-refractivity contribution < 1.29 is 14.6 Å². The fourth-order valence-corrected chi connectivity index (χ4v) is 1.74. The molecule has 6 heteroatoms. The molecular formula is C10H13ClN2O3. The first-order valence-electron chi connectivity index (χ1n) is 5.01. The van der Waals surface area contributed by atoms with Gasteiger partial charge in [0.15, 0.2) is 0 Å².